The summed E-state index contributed by atoms with van der Waals surface area (Å²) in [6.07, 6.45) is 2.55. The van der Waals surface area contributed by atoms with Gasteiger partial charge in [-0.05, 0) is 30.0 Å². The fraction of sp³-hybridized carbons (Fsp3) is 0.304. The molecule has 0 amide bonds. The van der Waals surface area contributed by atoms with Gasteiger partial charge in [0.15, 0.2) is 11.6 Å². The Morgan fingerprint density at radius 3 is 2.61 bits per heavy atom. The number of rotatable bonds is 6. The van der Waals surface area contributed by atoms with E-state index < -0.39 is 28.6 Å². The Hall–Kier alpha value is -2.98. The first-order chi connectivity index (χ1) is 15.8. The Balaban J connectivity index is 1.81. The Bertz CT molecular complexity index is 1370. The number of aromatic nitrogens is 1. The Labute approximate surface area is 195 Å². The second-order valence-electron chi connectivity index (χ2n) is 8.27. The fourth-order valence-corrected chi connectivity index (χ4v) is 5.01. The molecule has 5 rings (SSSR count). The van der Waals surface area contributed by atoms with Crippen molar-refractivity contribution in [2.45, 2.75) is 32.0 Å². The Morgan fingerprint density at radius 2 is 1.97 bits per heavy atom. The predicted octanol–water partition coefficient (Wildman–Crippen LogP) is 4.00. The van der Waals surface area contributed by atoms with Crippen LogP contribution in [0.1, 0.15) is 40.4 Å². The maximum atomic E-state index is 16.1. The largest absolute Gasteiger partial charge is 0.477 e. The summed E-state index contributed by atoms with van der Waals surface area (Å²) in [4.78, 5) is 26.3. The molecule has 0 atom stereocenters. The van der Waals surface area contributed by atoms with E-state index in [2.05, 4.69) is 21.2 Å². The number of aromatic carboxylic acids is 1. The number of carboxylic acid groups (broad SMARTS) is 1. The van der Waals surface area contributed by atoms with E-state index >= 15 is 8.78 Å². The van der Waals surface area contributed by atoms with Gasteiger partial charge in [0.2, 0.25) is 5.43 Å². The van der Waals surface area contributed by atoms with Gasteiger partial charge >= 0.3 is 5.97 Å². The first-order valence-corrected chi connectivity index (χ1v) is 11.3. The van der Waals surface area contributed by atoms with Crippen LogP contribution >= 0.6 is 15.9 Å². The van der Waals surface area contributed by atoms with Crippen LogP contribution in [0.25, 0.3) is 10.9 Å². The minimum Gasteiger partial charge on any atom is -0.477 e. The van der Waals surface area contributed by atoms with E-state index in [-0.39, 0.29) is 54.6 Å². The third-order valence-corrected chi connectivity index (χ3v) is 6.90. The van der Waals surface area contributed by atoms with Crippen molar-refractivity contribution in [1.82, 2.24) is 4.57 Å². The summed E-state index contributed by atoms with van der Waals surface area (Å²) in [7, 11) is 0. The number of fused-ring (bicyclic) bond motifs is 2. The average molecular weight is 520 g/mol. The quantitative estimate of drug-likeness (QED) is 0.455. The van der Waals surface area contributed by atoms with Crippen molar-refractivity contribution < 1.29 is 23.8 Å². The van der Waals surface area contributed by atoms with Crippen LogP contribution < -0.4 is 15.6 Å². The summed E-state index contributed by atoms with van der Waals surface area (Å²) in [5, 5.41) is 21.2. The van der Waals surface area contributed by atoms with Gasteiger partial charge in [0, 0.05) is 36.3 Å². The van der Waals surface area contributed by atoms with Crippen molar-refractivity contribution in [1.29, 1.82) is 0 Å². The molecule has 7 nitrogen and oxygen atoms in total. The molecule has 0 unspecified atom stereocenters. The highest BCUT2D eigenvalue weighted by molar-refractivity contribution is 9.10. The number of nitrogens with zero attached hydrogens (tertiary/aromatic N) is 2. The van der Waals surface area contributed by atoms with Gasteiger partial charge in [-0.1, -0.05) is 28.1 Å². The molecule has 1 aliphatic carbocycles. The monoisotopic (exact) mass is 519 g/mol. The summed E-state index contributed by atoms with van der Waals surface area (Å²) in [6.45, 7) is 0.0824. The van der Waals surface area contributed by atoms with E-state index in [0.29, 0.717) is 12.8 Å². The number of benzene rings is 2. The predicted molar refractivity (Wildman–Crippen MR) is 123 cm³/mol. The number of halogens is 3. The van der Waals surface area contributed by atoms with E-state index in [1.54, 1.807) is 4.90 Å². The average Bonchev–Trinajstić information content (AvgIpc) is 3.53. The van der Waals surface area contributed by atoms with E-state index in [0.717, 1.165) is 21.8 Å². The van der Waals surface area contributed by atoms with Crippen LogP contribution in [0.5, 0.6) is 0 Å². The minimum atomic E-state index is -1.46. The molecule has 172 valence electrons. The van der Waals surface area contributed by atoms with E-state index in [4.69, 9.17) is 0 Å². The molecule has 0 spiro atoms. The number of aliphatic hydroxyl groups excluding tert-OH is 1. The van der Waals surface area contributed by atoms with E-state index in [9.17, 15) is 19.8 Å². The van der Waals surface area contributed by atoms with Crippen molar-refractivity contribution in [2.24, 2.45) is 0 Å². The normalized spacial score (nSPS) is 15.2. The number of hydrogen-bond acceptors (Lipinski definition) is 5. The van der Waals surface area contributed by atoms with Crippen LogP contribution in [-0.2, 0) is 13.1 Å². The van der Waals surface area contributed by atoms with Crippen molar-refractivity contribution in [3.8, 4) is 0 Å². The maximum absolute atomic E-state index is 16.1. The van der Waals surface area contributed by atoms with E-state index in [1.807, 2.05) is 18.2 Å². The van der Waals surface area contributed by atoms with Crippen LogP contribution in [0.3, 0.4) is 0 Å². The van der Waals surface area contributed by atoms with Gasteiger partial charge < -0.3 is 25.0 Å². The highest BCUT2D eigenvalue weighted by atomic mass is 79.9. The molecule has 10 heteroatoms. The lowest BCUT2D eigenvalue weighted by molar-refractivity contribution is 0.0694. The van der Waals surface area contributed by atoms with Crippen molar-refractivity contribution in [3.63, 3.8) is 0 Å². The second-order valence-corrected chi connectivity index (χ2v) is 9.13. The number of anilines is 2. The number of pyridine rings is 1. The number of carboxylic acids is 1. The molecular weight excluding hydrogens is 500 g/mol. The molecule has 1 aromatic heterocycles. The Kier molecular flexibility index (Phi) is 5.37. The lowest BCUT2D eigenvalue weighted by atomic mass is 10.1. The lowest BCUT2D eigenvalue weighted by Crippen LogP contribution is -2.25. The van der Waals surface area contributed by atoms with Crippen LogP contribution in [0, 0.1) is 11.6 Å². The first kappa shape index (κ1) is 21.8. The molecule has 2 aromatic carbocycles. The van der Waals surface area contributed by atoms with Gasteiger partial charge in [0.05, 0.1) is 23.2 Å². The molecule has 3 N–H and O–H groups in total. The smallest absolute Gasteiger partial charge is 0.341 e. The standard InChI is InChI=1S/C23H20BrF2N3O4/c24-15-3-1-2-11-8-28(9-13(11)15)21-17(25)19(27-6-7-30)16-20(18(21)26)29(12-4-5-12)10-14(22(16)31)23(32)33/h1-3,10,12,27,30H,4-9H2,(H,32,33). The molecular formula is C23H20BrF2N3O4. The van der Waals surface area contributed by atoms with Gasteiger partial charge in [-0.25, -0.2) is 13.6 Å². The zero-order chi connectivity index (χ0) is 23.4. The summed E-state index contributed by atoms with van der Waals surface area (Å²) in [6, 6.07) is 5.43. The first-order valence-electron chi connectivity index (χ1n) is 10.5. The topological polar surface area (TPSA) is 94.8 Å². The third-order valence-electron chi connectivity index (χ3n) is 6.15. The highest BCUT2D eigenvalue weighted by Crippen LogP contribution is 2.44. The molecule has 0 radical (unpaired) electrons. The summed E-state index contributed by atoms with van der Waals surface area (Å²) in [5.74, 6) is -3.35. The van der Waals surface area contributed by atoms with Crippen molar-refractivity contribution in [3.05, 3.63) is 67.4 Å². The molecule has 0 bridgehead atoms. The number of aliphatic hydroxyl groups is 1. The molecule has 33 heavy (non-hydrogen) atoms. The maximum Gasteiger partial charge on any atom is 0.341 e. The number of hydrogen-bond donors (Lipinski definition) is 3. The van der Waals surface area contributed by atoms with Gasteiger partial charge in [-0.15, -0.1) is 0 Å². The van der Waals surface area contributed by atoms with Crippen LogP contribution in [0.15, 0.2) is 33.7 Å². The molecule has 1 fully saturated rings. The van der Waals surface area contributed by atoms with Gasteiger partial charge in [0.1, 0.15) is 11.3 Å². The molecule has 1 aliphatic heterocycles. The second kappa shape index (κ2) is 8.11. The number of carbonyl (C=O) groups is 1. The third kappa shape index (κ3) is 3.48. The SMILES string of the molecule is O=C(O)c1cn(C2CC2)c2c(F)c(N3Cc4cccc(Br)c4C3)c(F)c(NCCO)c2c1=O. The summed E-state index contributed by atoms with van der Waals surface area (Å²) < 4.78 is 34.3. The van der Waals surface area contributed by atoms with Gasteiger partial charge in [-0.2, -0.15) is 0 Å². The van der Waals surface area contributed by atoms with Crippen LogP contribution in [0.4, 0.5) is 20.2 Å². The molecule has 2 aliphatic rings. The van der Waals surface area contributed by atoms with Crippen molar-refractivity contribution in [2.75, 3.05) is 23.4 Å². The van der Waals surface area contributed by atoms with Crippen molar-refractivity contribution >= 4 is 44.2 Å². The van der Waals surface area contributed by atoms with Crippen LogP contribution in [-0.4, -0.2) is 33.9 Å². The molecule has 2 heterocycles. The fourth-order valence-electron chi connectivity index (χ4n) is 4.48. The minimum absolute atomic E-state index is 0.0942. The van der Waals surface area contributed by atoms with E-state index in [1.165, 1.54) is 4.57 Å². The molecule has 3 aromatic rings. The summed E-state index contributed by atoms with van der Waals surface area (Å²) >= 11 is 3.49. The lowest BCUT2D eigenvalue weighted by Gasteiger charge is -2.24. The van der Waals surface area contributed by atoms with Gasteiger partial charge in [0.25, 0.3) is 0 Å². The molecule has 0 saturated heterocycles. The zero-order valence-corrected chi connectivity index (χ0v) is 19.0. The Morgan fingerprint density at radius 1 is 1.21 bits per heavy atom. The number of nitrogens with one attached hydrogen (secondary N) is 1. The zero-order valence-electron chi connectivity index (χ0n) is 17.4. The van der Waals surface area contributed by atoms with Crippen LogP contribution in [0.2, 0.25) is 0 Å². The summed E-state index contributed by atoms with van der Waals surface area (Å²) in [5.41, 5.74) is -0.386. The highest BCUT2D eigenvalue weighted by Gasteiger charge is 2.35. The van der Waals surface area contributed by atoms with Gasteiger partial charge in [-0.3, -0.25) is 4.79 Å². The molecule has 1 saturated carbocycles.